The number of nitrogens with one attached hydrogen (secondary N) is 1. The fourth-order valence-corrected chi connectivity index (χ4v) is 2.27. The normalized spacial score (nSPS) is 14.1. The number of hydrogen-bond donors (Lipinski definition) is 1. The molecule has 0 unspecified atom stereocenters. The van der Waals surface area contributed by atoms with E-state index in [0.29, 0.717) is 17.4 Å². The molecule has 1 aliphatic carbocycles. The summed E-state index contributed by atoms with van der Waals surface area (Å²) in [6.07, 6.45) is 2.82. The fraction of sp³-hybridized carbons (Fsp3) is 0.385. The molecule has 0 heterocycles. The van der Waals surface area contributed by atoms with Gasteiger partial charge in [-0.25, -0.2) is 0 Å². The highest BCUT2D eigenvalue weighted by Gasteiger charge is 2.23. The smallest absolute Gasteiger partial charge is 0.258 e. The Kier molecular flexibility index (Phi) is 4.01. The number of hydrogen-bond acceptors (Lipinski definition) is 3. The molecule has 96 valence electrons. The van der Waals surface area contributed by atoms with E-state index in [4.69, 9.17) is 4.74 Å². The van der Waals surface area contributed by atoms with Crippen LogP contribution < -0.4 is 10.1 Å². The van der Waals surface area contributed by atoms with Crippen molar-refractivity contribution in [2.75, 3.05) is 6.61 Å². The molecule has 0 aromatic heterocycles. The molecule has 0 saturated heterocycles. The second kappa shape index (κ2) is 5.52. The van der Waals surface area contributed by atoms with Gasteiger partial charge in [-0.3, -0.25) is 9.59 Å². The molecule has 1 aromatic rings. The number of rotatable bonds is 5. The van der Waals surface area contributed by atoms with Crippen molar-refractivity contribution in [3.63, 3.8) is 0 Å². The molecular formula is C13H14BrNO3. The van der Waals surface area contributed by atoms with Gasteiger partial charge in [0, 0.05) is 10.5 Å². The molecule has 0 spiro atoms. The average Bonchev–Trinajstić information content (AvgIpc) is 3.10. The maximum atomic E-state index is 11.5. The number of benzene rings is 1. The van der Waals surface area contributed by atoms with Crippen LogP contribution in [0.25, 0.3) is 0 Å². The predicted octanol–water partition coefficient (Wildman–Crippen LogP) is 2.23. The summed E-state index contributed by atoms with van der Waals surface area (Å²) >= 11 is 3.32. The third-order valence-electron chi connectivity index (χ3n) is 2.69. The molecule has 0 radical (unpaired) electrons. The van der Waals surface area contributed by atoms with Gasteiger partial charge in [-0.05, 0) is 37.5 Å². The van der Waals surface area contributed by atoms with Crippen LogP contribution >= 0.6 is 15.9 Å². The molecular weight excluding hydrogens is 298 g/mol. The van der Waals surface area contributed by atoms with E-state index in [1.807, 2.05) is 13.0 Å². The Hall–Kier alpha value is -1.36. The molecule has 0 atom stereocenters. The summed E-state index contributed by atoms with van der Waals surface area (Å²) in [7, 11) is 0. The maximum absolute atomic E-state index is 11.5. The summed E-state index contributed by atoms with van der Waals surface area (Å²) in [5.41, 5.74) is 1.27. The van der Waals surface area contributed by atoms with Crippen molar-refractivity contribution in [1.29, 1.82) is 0 Å². The van der Waals surface area contributed by atoms with Gasteiger partial charge in [-0.15, -0.1) is 0 Å². The van der Waals surface area contributed by atoms with E-state index in [-0.39, 0.29) is 12.5 Å². The molecule has 1 fully saturated rings. The summed E-state index contributed by atoms with van der Waals surface area (Å²) in [5, 5.41) is 2.83. The number of aldehydes is 1. The van der Waals surface area contributed by atoms with Crippen molar-refractivity contribution in [3.05, 3.63) is 27.7 Å². The van der Waals surface area contributed by atoms with Crippen LogP contribution in [0.4, 0.5) is 0 Å². The third-order valence-corrected chi connectivity index (χ3v) is 3.14. The second-order valence-electron chi connectivity index (χ2n) is 4.39. The van der Waals surface area contributed by atoms with E-state index in [0.717, 1.165) is 29.2 Å². The van der Waals surface area contributed by atoms with Crippen LogP contribution in [0.3, 0.4) is 0 Å². The number of aryl methyl sites for hydroxylation is 1. The minimum absolute atomic E-state index is 0.0557. The highest BCUT2D eigenvalue weighted by atomic mass is 79.9. The Morgan fingerprint density at radius 1 is 1.56 bits per heavy atom. The Labute approximate surface area is 114 Å². The number of carbonyl (C=O) groups excluding carboxylic acids is 2. The summed E-state index contributed by atoms with van der Waals surface area (Å²) in [6, 6.07) is 3.84. The number of amides is 1. The molecule has 18 heavy (non-hydrogen) atoms. The van der Waals surface area contributed by atoms with E-state index in [9.17, 15) is 9.59 Å². The Morgan fingerprint density at radius 3 is 2.89 bits per heavy atom. The zero-order valence-electron chi connectivity index (χ0n) is 10.0. The standard InChI is InChI=1S/C13H14BrNO3/c1-8-4-10(14)5-9(6-16)13(8)18-7-12(17)15-11-2-3-11/h4-6,11H,2-3,7H2,1H3,(H,15,17). The molecule has 1 N–H and O–H groups in total. The van der Waals surface area contributed by atoms with Gasteiger partial charge in [0.1, 0.15) is 5.75 Å². The van der Waals surface area contributed by atoms with Crippen LogP contribution in [-0.4, -0.2) is 24.8 Å². The van der Waals surface area contributed by atoms with Crippen molar-refractivity contribution in [2.45, 2.75) is 25.8 Å². The zero-order chi connectivity index (χ0) is 13.1. The van der Waals surface area contributed by atoms with Crippen LogP contribution in [0.15, 0.2) is 16.6 Å². The van der Waals surface area contributed by atoms with E-state index in [2.05, 4.69) is 21.2 Å². The largest absolute Gasteiger partial charge is 0.483 e. The molecule has 1 aromatic carbocycles. The Bertz CT molecular complexity index is 483. The van der Waals surface area contributed by atoms with Crippen molar-refractivity contribution in [3.8, 4) is 5.75 Å². The van der Waals surface area contributed by atoms with Crippen LogP contribution in [0, 0.1) is 6.92 Å². The van der Waals surface area contributed by atoms with E-state index in [1.165, 1.54) is 0 Å². The van der Waals surface area contributed by atoms with Gasteiger partial charge >= 0.3 is 0 Å². The summed E-state index contributed by atoms with van der Waals surface area (Å²) in [4.78, 5) is 22.5. The molecule has 4 nitrogen and oxygen atoms in total. The van der Waals surface area contributed by atoms with Gasteiger partial charge in [0.05, 0.1) is 5.56 Å². The predicted molar refractivity (Wildman–Crippen MR) is 70.9 cm³/mol. The first kappa shape index (κ1) is 13.1. The fourth-order valence-electron chi connectivity index (χ4n) is 1.68. The highest BCUT2D eigenvalue weighted by Crippen LogP contribution is 2.27. The zero-order valence-corrected chi connectivity index (χ0v) is 11.6. The summed E-state index contributed by atoms with van der Waals surface area (Å²) in [6.45, 7) is 1.78. The van der Waals surface area contributed by atoms with Crippen molar-refractivity contribution in [1.82, 2.24) is 5.32 Å². The lowest BCUT2D eigenvalue weighted by atomic mass is 10.1. The van der Waals surface area contributed by atoms with Crippen LogP contribution in [0.2, 0.25) is 0 Å². The summed E-state index contributed by atoms with van der Waals surface area (Å²) < 4.78 is 6.26. The van der Waals surface area contributed by atoms with Crippen LogP contribution in [0.1, 0.15) is 28.8 Å². The quantitative estimate of drug-likeness (QED) is 0.848. The minimum Gasteiger partial charge on any atom is -0.483 e. The first-order valence-corrected chi connectivity index (χ1v) is 6.57. The van der Waals surface area contributed by atoms with Gasteiger partial charge in [0.25, 0.3) is 5.91 Å². The summed E-state index contributed by atoms with van der Waals surface area (Å²) in [5.74, 6) is 0.329. The number of ether oxygens (including phenoxy) is 1. The Balaban J connectivity index is 2.03. The van der Waals surface area contributed by atoms with Gasteiger partial charge in [0.2, 0.25) is 0 Å². The lowest BCUT2D eigenvalue weighted by molar-refractivity contribution is -0.123. The number of carbonyl (C=O) groups is 2. The number of halogens is 1. The van der Waals surface area contributed by atoms with Crippen LogP contribution in [0.5, 0.6) is 5.75 Å². The van der Waals surface area contributed by atoms with Crippen molar-refractivity contribution < 1.29 is 14.3 Å². The molecule has 1 saturated carbocycles. The lowest BCUT2D eigenvalue weighted by Crippen LogP contribution is -2.30. The monoisotopic (exact) mass is 311 g/mol. The van der Waals surface area contributed by atoms with Crippen LogP contribution in [-0.2, 0) is 4.79 Å². The van der Waals surface area contributed by atoms with E-state index < -0.39 is 0 Å². The first-order valence-electron chi connectivity index (χ1n) is 5.77. The first-order chi connectivity index (χ1) is 8.60. The SMILES string of the molecule is Cc1cc(Br)cc(C=O)c1OCC(=O)NC1CC1. The molecule has 0 bridgehead atoms. The van der Waals surface area contributed by atoms with Gasteiger partial charge in [-0.2, -0.15) is 0 Å². The highest BCUT2D eigenvalue weighted by molar-refractivity contribution is 9.10. The Morgan fingerprint density at radius 2 is 2.28 bits per heavy atom. The van der Waals surface area contributed by atoms with Crippen molar-refractivity contribution >= 4 is 28.1 Å². The van der Waals surface area contributed by atoms with Gasteiger partial charge in [-0.1, -0.05) is 15.9 Å². The third kappa shape index (κ3) is 3.32. The van der Waals surface area contributed by atoms with E-state index >= 15 is 0 Å². The average molecular weight is 312 g/mol. The molecule has 0 aliphatic heterocycles. The second-order valence-corrected chi connectivity index (χ2v) is 5.31. The topological polar surface area (TPSA) is 55.4 Å². The van der Waals surface area contributed by atoms with Gasteiger partial charge in [0.15, 0.2) is 12.9 Å². The molecule has 2 rings (SSSR count). The molecule has 1 aliphatic rings. The van der Waals surface area contributed by atoms with E-state index in [1.54, 1.807) is 6.07 Å². The molecule has 1 amide bonds. The van der Waals surface area contributed by atoms with Crippen molar-refractivity contribution in [2.24, 2.45) is 0 Å². The van der Waals surface area contributed by atoms with Gasteiger partial charge < -0.3 is 10.1 Å². The lowest BCUT2D eigenvalue weighted by Gasteiger charge is -2.11. The molecule has 5 heteroatoms. The maximum Gasteiger partial charge on any atom is 0.258 e. The minimum atomic E-state index is -0.142.